The van der Waals surface area contributed by atoms with E-state index in [0.29, 0.717) is 18.2 Å². The van der Waals surface area contributed by atoms with Crippen LogP contribution < -0.4 is 0 Å². The van der Waals surface area contributed by atoms with Crippen LogP contribution >= 0.6 is 12.2 Å². The molecule has 1 aliphatic rings. The topological polar surface area (TPSA) is 29.5 Å². The summed E-state index contributed by atoms with van der Waals surface area (Å²) in [7, 11) is 0. The summed E-state index contributed by atoms with van der Waals surface area (Å²) in [6, 6.07) is 0. The minimum Gasteiger partial charge on any atom is -0.468 e. The number of nitrogens with zero attached hydrogens (tertiary/aromatic N) is 1. The van der Waals surface area contributed by atoms with Crippen molar-refractivity contribution in [2.24, 2.45) is 0 Å². The Balaban J connectivity index is 2.85. The van der Waals surface area contributed by atoms with E-state index >= 15 is 0 Å². The van der Waals surface area contributed by atoms with Crippen molar-refractivity contribution in [3.05, 3.63) is 0 Å². The molecule has 4 heteroatoms. The number of ether oxygens (including phenoxy) is 1. The Kier molecular flexibility index (Phi) is 2.37. The van der Waals surface area contributed by atoms with E-state index in [1.54, 1.807) is 4.90 Å². The van der Waals surface area contributed by atoms with Gasteiger partial charge in [-0.05, 0) is 26.1 Å². The summed E-state index contributed by atoms with van der Waals surface area (Å²) in [4.78, 5) is 13.0. The third-order valence-electron chi connectivity index (χ3n) is 1.89. The van der Waals surface area contributed by atoms with Gasteiger partial charge in [0.2, 0.25) is 5.91 Å². The van der Waals surface area contributed by atoms with Crippen molar-refractivity contribution in [1.82, 2.24) is 4.90 Å². The molecule has 0 N–H and O–H groups in total. The molecule has 1 heterocycles. The zero-order chi connectivity index (χ0) is 9.35. The summed E-state index contributed by atoms with van der Waals surface area (Å²) < 4.78 is 5.14. The van der Waals surface area contributed by atoms with Crippen LogP contribution in [0.5, 0.6) is 0 Å². The smallest absolute Gasteiger partial charge is 0.266 e. The lowest BCUT2D eigenvalue weighted by Crippen LogP contribution is -2.45. The van der Waals surface area contributed by atoms with E-state index in [1.165, 1.54) is 0 Å². The molecule has 0 bridgehead atoms. The van der Waals surface area contributed by atoms with E-state index < -0.39 is 0 Å². The zero-order valence-electron chi connectivity index (χ0n) is 7.59. The summed E-state index contributed by atoms with van der Waals surface area (Å²) in [6.07, 6.45) is 0.465. The lowest BCUT2D eigenvalue weighted by molar-refractivity contribution is -0.129. The summed E-state index contributed by atoms with van der Waals surface area (Å²) in [5.74, 6) is 0.0301. The molecular formula is C8H13NO2S. The normalized spacial score (nSPS) is 20.9. The lowest BCUT2D eigenvalue weighted by Gasteiger charge is -2.26. The van der Waals surface area contributed by atoms with Crippen LogP contribution in [0.3, 0.4) is 0 Å². The lowest BCUT2D eigenvalue weighted by atomic mass is 10.1. The van der Waals surface area contributed by atoms with Crippen molar-refractivity contribution in [2.45, 2.75) is 32.7 Å². The molecule has 1 rings (SSSR count). The third-order valence-corrected chi connectivity index (χ3v) is 2.19. The zero-order valence-corrected chi connectivity index (χ0v) is 8.40. The van der Waals surface area contributed by atoms with E-state index in [-0.39, 0.29) is 11.4 Å². The Labute approximate surface area is 77.7 Å². The van der Waals surface area contributed by atoms with Crippen LogP contribution in [-0.2, 0) is 9.53 Å². The van der Waals surface area contributed by atoms with E-state index in [4.69, 9.17) is 17.0 Å². The molecule has 0 saturated carbocycles. The highest BCUT2D eigenvalue weighted by Crippen LogP contribution is 2.24. The second kappa shape index (κ2) is 3.01. The highest BCUT2D eigenvalue weighted by atomic mass is 32.1. The second-order valence-corrected chi connectivity index (χ2v) is 3.80. The summed E-state index contributed by atoms with van der Waals surface area (Å²) >= 11 is 4.91. The van der Waals surface area contributed by atoms with Gasteiger partial charge in [-0.15, -0.1) is 0 Å². The molecule has 1 saturated heterocycles. The molecule has 0 unspecified atom stereocenters. The average Bonchev–Trinajstić information content (AvgIpc) is 2.25. The van der Waals surface area contributed by atoms with Crippen LogP contribution in [0.2, 0.25) is 0 Å². The Morgan fingerprint density at radius 3 is 2.67 bits per heavy atom. The van der Waals surface area contributed by atoms with Gasteiger partial charge in [-0.2, -0.15) is 0 Å². The fourth-order valence-corrected chi connectivity index (χ4v) is 1.62. The van der Waals surface area contributed by atoms with Crippen molar-refractivity contribution in [2.75, 3.05) is 6.61 Å². The van der Waals surface area contributed by atoms with Crippen molar-refractivity contribution in [3.8, 4) is 0 Å². The summed E-state index contributed by atoms with van der Waals surface area (Å²) in [6.45, 7) is 6.20. The van der Waals surface area contributed by atoms with Crippen molar-refractivity contribution < 1.29 is 9.53 Å². The van der Waals surface area contributed by atoms with E-state index in [1.807, 2.05) is 20.8 Å². The molecule has 0 aromatic rings. The first-order valence-corrected chi connectivity index (χ1v) is 4.39. The van der Waals surface area contributed by atoms with Crippen LogP contribution in [0.15, 0.2) is 0 Å². The number of thiocarbonyl (C=S) groups is 1. The molecule has 0 radical (unpaired) electrons. The number of carbonyl (C=O) groups is 1. The Hall–Kier alpha value is -0.640. The Bertz CT molecular complexity index is 225. The minimum absolute atomic E-state index is 0.0301. The Morgan fingerprint density at radius 1 is 1.75 bits per heavy atom. The van der Waals surface area contributed by atoms with Gasteiger partial charge in [-0.25, -0.2) is 0 Å². The van der Waals surface area contributed by atoms with Gasteiger partial charge in [0.1, 0.15) is 6.61 Å². The second-order valence-electron chi connectivity index (χ2n) is 3.45. The highest BCUT2D eigenvalue weighted by molar-refractivity contribution is 7.80. The van der Waals surface area contributed by atoms with Crippen molar-refractivity contribution in [1.29, 1.82) is 0 Å². The van der Waals surface area contributed by atoms with E-state index in [2.05, 4.69) is 0 Å². The SMILES string of the molecule is CCC(=O)N1C(=S)OCC1(C)C. The van der Waals surface area contributed by atoms with Crippen molar-refractivity contribution >= 4 is 23.3 Å². The van der Waals surface area contributed by atoms with Gasteiger partial charge < -0.3 is 4.74 Å². The average molecular weight is 187 g/mol. The molecular weight excluding hydrogens is 174 g/mol. The monoisotopic (exact) mass is 187 g/mol. The molecule has 0 atom stereocenters. The predicted octanol–water partition coefficient (Wildman–Crippen LogP) is 1.32. The van der Waals surface area contributed by atoms with Gasteiger partial charge in [0.05, 0.1) is 5.54 Å². The van der Waals surface area contributed by atoms with Crippen molar-refractivity contribution in [3.63, 3.8) is 0 Å². The van der Waals surface area contributed by atoms with Crippen LogP contribution in [0, 0.1) is 0 Å². The van der Waals surface area contributed by atoms with Crippen LogP contribution in [0.25, 0.3) is 0 Å². The first-order valence-electron chi connectivity index (χ1n) is 3.99. The van der Waals surface area contributed by atoms with Gasteiger partial charge in [-0.1, -0.05) is 6.92 Å². The number of hydrogen-bond acceptors (Lipinski definition) is 3. The molecule has 0 aromatic carbocycles. The maximum atomic E-state index is 11.4. The van der Waals surface area contributed by atoms with E-state index in [0.717, 1.165) is 0 Å². The molecule has 0 spiro atoms. The molecule has 1 aliphatic heterocycles. The first-order chi connectivity index (χ1) is 5.49. The maximum Gasteiger partial charge on any atom is 0.266 e. The predicted molar refractivity (Wildman–Crippen MR) is 49.8 cm³/mol. The number of rotatable bonds is 1. The standard InChI is InChI=1S/C8H13NO2S/c1-4-6(10)9-7(12)11-5-8(9,2)3/h4-5H2,1-3H3. The maximum absolute atomic E-state index is 11.4. The highest BCUT2D eigenvalue weighted by Gasteiger charge is 2.40. The quantitative estimate of drug-likeness (QED) is 0.580. The summed E-state index contributed by atoms with van der Waals surface area (Å²) in [5.41, 5.74) is -0.274. The number of carbonyl (C=O) groups excluding carboxylic acids is 1. The van der Waals surface area contributed by atoms with Crippen LogP contribution in [0.4, 0.5) is 0 Å². The number of amides is 1. The molecule has 68 valence electrons. The minimum atomic E-state index is -0.274. The molecule has 1 fully saturated rings. The molecule has 3 nitrogen and oxygen atoms in total. The van der Waals surface area contributed by atoms with Gasteiger partial charge in [-0.3, -0.25) is 9.69 Å². The molecule has 0 aliphatic carbocycles. The van der Waals surface area contributed by atoms with Gasteiger partial charge in [0.25, 0.3) is 5.17 Å². The largest absolute Gasteiger partial charge is 0.468 e. The van der Waals surface area contributed by atoms with E-state index in [9.17, 15) is 4.79 Å². The molecule has 1 amide bonds. The van der Waals surface area contributed by atoms with Crippen LogP contribution in [-0.4, -0.2) is 28.1 Å². The fourth-order valence-electron chi connectivity index (χ4n) is 1.21. The van der Waals surface area contributed by atoms with Gasteiger partial charge >= 0.3 is 0 Å². The Morgan fingerprint density at radius 2 is 2.33 bits per heavy atom. The summed E-state index contributed by atoms with van der Waals surface area (Å²) in [5, 5.41) is 0.312. The van der Waals surface area contributed by atoms with Gasteiger partial charge in [0, 0.05) is 6.42 Å². The first kappa shape index (κ1) is 9.45. The molecule has 0 aromatic heterocycles. The number of hydrogen-bond donors (Lipinski definition) is 0. The third kappa shape index (κ3) is 1.43. The molecule has 12 heavy (non-hydrogen) atoms. The van der Waals surface area contributed by atoms with Crippen LogP contribution in [0.1, 0.15) is 27.2 Å². The fraction of sp³-hybridized carbons (Fsp3) is 0.750. The van der Waals surface area contributed by atoms with Gasteiger partial charge in [0.15, 0.2) is 0 Å².